The van der Waals surface area contributed by atoms with Crippen molar-refractivity contribution in [3.05, 3.63) is 0 Å². The molecule has 0 radical (unpaired) electrons. The molecule has 2 nitrogen and oxygen atoms in total. The molecule has 0 aliphatic heterocycles. The number of carbonyl (C=O) groups excluding carboxylic acids is 1. The highest BCUT2D eigenvalue weighted by Gasteiger charge is 2.38. The molecule has 0 bridgehead atoms. The van der Waals surface area contributed by atoms with Gasteiger partial charge in [0.25, 0.3) is 0 Å². The SMILES string of the molecule is CCC(=O)C1(N)CCC1. The Morgan fingerprint density at radius 2 is 2.22 bits per heavy atom. The Morgan fingerprint density at radius 3 is 2.33 bits per heavy atom. The van der Waals surface area contributed by atoms with Crippen LogP contribution in [0.5, 0.6) is 0 Å². The second kappa shape index (κ2) is 2.10. The third-order valence-corrected chi connectivity index (χ3v) is 2.12. The van der Waals surface area contributed by atoms with Crippen LogP contribution < -0.4 is 5.73 Å². The van der Waals surface area contributed by atoms with Gasteiger partial charge in [0.15, 0.2) is 5.78 Å². The smallest absolute Gasteiger partial charge is 0.152 e. The van der Waals surface area contributed by atoms with Crippen molar-refractivity contribution in [3.8, 4) is 0 Å². The molecule has 2 heteroatoms. The summed E-state index contributed by atoms with van der Waals surface area (Å²) < 4.78 is 0. The Bertz CT molecular complexity index is 127. The van der Waals surface area contributed by atoms with Crippen molar-refractivity contribution in [1.29, 1.82) is 0 Å². The number of rotatable bonds is 2. The first-order valence-electron chi connectivity index (χ1n) is 3.51. The van der Waals surface area contributed by atoms with E-state index in [9.17, 15) is 4.79 Å². The first-order valence-corrected chi connectivity index (χ1v) is 3.51. The van der Waals surface area contributed by atoms with E-state index in [4.69, 9.17) is 5.73 Å². The maximum atomic E-state index is 11.0. The molecule has 0 saturated heterocycles. The second-order valence-corrected chi connectivity index (χ2v) is 2.79. The molecule has 0 aromatic heterocycles. The summed E-state index contributed by atoms with van der Waals surface area (Å²) in [4.78, 5) is 11.0. The van der Waals surface area contributed by atoms with E-state index in [1.807, 2.05) is 6.92 Å². The zero-order valence-electron chi connectivity index (χ0n) is 5.81. The van der Waals surface area contributed by atoms with Crippen molar-refractivity contribution >= 4 is 5.78 Å². The van der Waals surface area contributed by atoms with Crippen LogP contribution in [-0.4, -0.2) is 11.3 Å². The second-order valence-electron chi connectivity index (χ2n) is 2.79. The van der Waals surface area contributed by atoms with Gasteiger partial charge in [-0.25, -0.2) is 0 Å². The summed E-state index contributed by atoms with van der Waals surface area (Å²) in [6.45, 7) is 1.87. The number of nitrogens with two attached hydrogens (primary N) is 1. The van der Waals surface area contributed by atoms with E-state index in [0.29, 0.717) is 6.42 Å². The molecule has 0 heterocycles. The fourth-order valence-corrected chi connectivity index (χ4v) is 1.19. The fraction of sp³-hybridized carbons (Fsp3) is 0.857. The number of hydrogen-bond donors (Lipinski definition) is 1. The summed E-state index contributed by atoms with van der Waals surface area (Å²) in [5, 5.41) is 0. The largest absolute Gasteiger partial charge is 0.319 e. The lowest BCUT2D eigenvalue weighted by Crippen LogP contribution is -2.53. The zero-order chi connectivity index (χ0) is 6.91. The monoisotopic (exact) mass is 127 g/mol. The summed E-state index contributed by atoms with van der Waals surface area (Å²) in [6, 6.07) is 0. The highest BCUT2D eigenvalue weighted by Crippen LogP contribution is 2.30. The molecule has 1 fully saturated rings. The minimum absolute atomic E-state index is 0.230. The molecule has 0 unspecified atom stereocenters. The molecule has 1 saturated carbocycles. The van der Waals surface area contributed by atoms with Crippen molar-refractivity contribution in [3.63, 3.8) is 0 Å². The fourth-order valence-electron chi connectivity index (χ4n) is 1.19. The summed E-state index contributed by atoms with van der Waals surface area (Å²) in [6.07, 6.45) is 3.53. The van der Waals surface area contributed by atoms with Crippen molar-refractivity contribution in [2.45, 2.75) is 38.1 Å². The number of hydrogen-bond acceptors (Lipinski definition) is 2. The molecular weight excluding hydrogens is 114 g/mol. The first kappa shape index (κ1) is 6.75. The lowest BCUT2D eigenvalue weighted by molar-refractivity contribution is -0.126. The van der Waals surface area contributed by atoms with Gasteiger partial charge in [-0.1, -0.05) is 6.92 Å². The van der Waals surface area contributed by atoms with Crippen LogP contribution in [0.25, 0.3) is 0 Å². The van der Waals surface area contributed by atoms with Crippen LogP contribution in [0.1, 0.15) is 32.6 Å². The molecule has 0 atom stereocenters. The van der Waals surface area contributed by atoms with E-state index < -0.39 is 5.54 Å². The highest BCUT2D eigenvalue weighted by atomic mass is 16.1. The first-order chi connectivity index (χ1) is 4.19. The number of carbonyl (C=O) groups is 1. The van der Waals surface area contributed by atoms with Gasteiger partial charge in [0, 0.05) is 6.42 Å². The van der Waals surface area contributed by atoms with E-state index in [2.05, 4.69) is 0 Å². The zero-order valence-corrected chi connectivity index (χ0v) is 5.81. The van der Waals surface area contributed by atoms with Crippen molar-refractivity contribution in [1.82, 2.24) is 0 Å². The predicted octanol–water partition coefficient (Wildman–Crippen LogP) is 0.847. The normalized spacial score (nSPS) is 22.9. The van der Waals surface area contributed by atoms with E-state index >= 15 is 0 Å². The Morgan fingerprint density at radius 1 is 1.67 bits per heavy atom. The third kappa shape index (κ3) is 0.990. The molecule has 9 heavy (non-hydrogen) atoms. The van der Waals surface area contributed by atoms with Gasteiger partial charge in [0.2, 0.25) is 0 Å². The molecule has 1 rings (SSSR count). The molecule has 2 N–H and O–H groups in total. The van der Waals surface area contributed by atoms with Crippen LogP contribution in [0.15, 0.2) is 0 Å². The van der Waals surface area contributed by atoms with Crippen LogP contribution in [-0.2, 0) is 4.79 Å². The van der Waals surface area contributed by atoms with Crippen molar-refractivity contribution < 1.29 is 4.79 Å². The van der Waals surface area contributed by atoms with Gasteiger partial charge in [0.05, 0.1) is 5.54 Å². The van der Waals surface area contributed by atoms with Gasteiger partial charge in [-0.05, 0) is 19.3 Å². The van der Waals surface area contributed by atoms with Crippen LogP contribution in [0, 0.1) is 0 Å². The summed E-state index contributed by atoms with van der Waals surface area (Å²) in [7, 11) is 0. The lowest BCUT2D eigenvalue weighted by atomic mass is 9.74. The molecule has 0 aromatic carbocycles. The van der Waals surface area contributed by atoms with E-state index in [1.165, 1.54) is 0 Å². The van der Waals surface area contributed by atoms with Gasteiger partial charge in [-0.3, -0.25) is 4.79 Å². The molecule has 0 amide bonds. The molecule has 0 aromatic rings. The van der Waals surface area contributed by atoms with Gasteiger partial charge in [0.1, 0.15) is 0 Å². The third-order valence-electron chi connectivity index (χ3n) is 2.12. The minimum atomic E-state index is -0.408. The average molecular weight is 127 g/mol. The molecule has 52 valence electrons. The van der Waals surface area contributed by atoms with Gasteiger partial charge >= 0.3 is 0 Å². The van der Waals surface area contributed by atoms with Crippen LogP contribution in [0.4, 0.5) is 0 Å². The minimum Gasteiger partial charge on any atom is -0.319 e. The summed E-state index contributed by atoms with van der Waals surface area (Å²) in [5.41, 5.74) is 5.30. The Kier molecular flexibility index (Phi) is 1.58. The molecule has 1 aliphatic rings. The van der Waals surface area contributed by atoms with Crippen LogP contribution >= 0.6 is 0 Å². The Labute approximate surface area is 55.4 Å². The average Bonchev–Trinajstić information content (AvgIpc) is 1.81. The predicted molar refractivity (Wildman–Crippen MR) is 36.1 cm³/mol. The summed E-state index contributed by atoms with van der Waals surface area (Å²) >= 11 is 0. The van der Waals surface area contributed by atoms with E-state index in [-0.39, 0.29) is 5.78 Å². The maximum Gasteiger partial charge on any atom is 0.152 e. The number of Topliss-reactive ketones (excluding diaryl/α,β-unsaturated/α-hetero) is 1. The lowest BCUT2D eigenvalue weighted by Gasteiger charge is -2.36. The molecule has 1 aliphatic carbocycles. The van der Waals surface area contributed by atoms with E-state index in [1.54, 1.807) is 0 Å². The number of ketones is 1. The Balaban J connectivity index is 2.49. The van der Waals surface area contributed by atoms with Crippen molar-refractivity contribution in [2.24, 2.45) is 5.73 Å². The van der Waals surface area contributed by atoms with Gasteiger partial charge in [-0.15, -0.1) is 0 Å². The molecule has 0 spiro atoms. The van der Waals surface area contributed by atoms with Gasteiger partial charge < -0.3 is 5.73 Å². The Hall–Kier alpha value is -0.370. The quantitative estimate of drug-likeness (QED) is 0.597. The van der Waals surface area contributed by atoms with Crippen LogP contribution in [0.2, 0.25) is 0 Å². The topological polar surface area (TPSA) is 43.1 Å². The van der Waals surface area contributed by atoms with E-state index in [0.717, 1.165) is 19.3 Å². The van der Waals surface area contributed by atoms with Gasteiger partial charge in [-0.2, -0.15) is 0 Å². The molecular formula is C7H13NO. The van der Waals surface area contributed by atoms with Crippen molar-refractivity contribution in [2.75, 3.05) is 0 Å². The highest BCUT2D eigenvalue weighted by molar-refractivity contribution is 5.88. The standard InChI is InChI=1S/C7H13NO/c1-2-6(9)7(8)4-3-5-7/h2-5,8H2,1H3. The van der Waals surface area contributed by atoms with Crippen LogP contribution in [0.3, 0.4) is 0 Å². The maximum absolute atomic E-state index is 11.0. The summed E-state index contributed by atoms with van der Waals surface area (Å²) in [5.74, 6) is 0.230.